The van der Waals surface area contributed by atoms with Crippen LogP contribution in [0.1, 0.15) is 31.8 Å². The van der Waals surface area contributed by atoms with Crippen molar-refractivity contribution in [3.05, 3.63) is 101 Å². The molecule has 29 heavy (non-hydrogen) atoms. The molecule has 146 valence electrons. The molecule has 0 heterocycles. The second-order valence-corrected chi connectivity index (χ2v) is 6.69. The lowest BCUT2D eigenvalue weighted by molar-refractivity contribution is -0.112. The monoisotopic (exact) mass is 386 g/mol. The van der Waals surface area contributed by atoms with Crippen LogP contribution in [0.5, 0.6) is 0 Å². The zero-order valence-corrected chi connectivity index (χ0v) is 16.1. The maximum Gasteiger partial charge on any atom is 0.296 e. The smallest absolute Gasteiger partial charge is 0.296 e. The first-order valence-corrected chi connectivity index (χ1v) is 9.38. The van der Waals surface area contributed by atoms with Crippen molar-refractivity contribution >= 4 is 23.3 Å². The van der Waals surface area contributed by atoms with Crippen molar-refractivity contribution in [1.29, 1.82) is 0 Å². The minimum atomic E-state index is -0.779. The summed E-state index contributed by atoms with van der Waals surface area (Å²) in [6.07, 6.45) is 0.701. The van der Waals surface area contributed by atoms with Crippen LogP contribution in [0.4, 0.5) is 5.69 Å². The summed E-state index contributed by atoms with van der Waals surface area (Å²) >= 11 is 0. The maximum absolute atomic E-state index is 12.6. The fourth-order valence-electron chi connectivity index (χ4n) is 2.87. The lowest BCUT2D eigenvalue weighted by Crippen LogP contribution is -2.28. The van der Waals surface area contributed by atoms with Gasteiger partial charge in [-0.25, -0.2) is 0 Å². The Hall–Kier alpha value is -3.73. The summed E-state index contributed by atoms with van der Waals surface area (Å²) in [5, 5.41) is 5.42. The average Bonchev–Trinajstić information content (AvgIpc) is 2.75. The van der Waals surface area contributed by atoms with E-state index in [2.05, 4.69) is 10.6 Å². The van der Waals surface area contributed by atoms with Crippen molar-refractivity contribution in [1.82, 2.24) is 5.32 Å². The van der Waals surface area contributed by atoms with E-state index in [1.165, 1.54) is 0 Å². The van der Waals surface area contributed by atoms with E-state index in [1.807, 2.05) is 37.3 Å². The number of rotatable bonds is 7. The molecule has 0 bridgehead atoms. The van der Waals surface area contributed by atoms with E-state index < -0.39 is 11.7 Å². The normalized spacial score (nSPS) is 10.2. The second kappa shape index (κ2) is 9.46. The summed E-state index contributed by atoms with van der Waals surface area (Å²) in [4.78, 5) is 37.3. The third-order valence-corrected chi connectivity index (χ3v) is 4.48. The van der Waals surface area contributed by atoms with Gasteiger partial charge in [0.15, 0.2) is 0 Å². The van der Waals surface area contributed by atoms with Gasteiger partial charge >= 0.3 is 0 Å². The summed E-state index contributed by atoms with van der Waals surface area (Å²) in [7, 11) is 0. The molecule has 0 saturated heterocycles. The molecule has 5 heteroatoms. The van der Waals surface area contributed by atoms with Gasteiger partial charge in [0.25, 0.3) is 17.6 Å². The number of anilines is 1. The predicted octanol–water partition coefficient (Wildman–Crippen LogP) is 3.79. The van der Waals surface area contributed by atoms with Gasteiger partial charge in [-0.15, -0.1) is 0 Å². The van der Waals surface area contributed by atoms with Crippen molar-refractivity contribution in [2.45, 2.75) is 13.3 Å². The molecule has 0 spiro atoms. The first-order chi connectivity index (χ1) is 14.0. The van der Waals surface area contributed by atoms with Gasteiger partial charge in [-0.05, 0) is 31.0 Å². The SMILES string of the molecule is Cc1ccc(C(=O)C(=O)Nc2ccccc2C(=O)NCCc2ccccc2)cc1. The number of hydrogen-bond acceptors (Lipinski definition) is 3. The van der Waals surface area contributed by atoms with Gasteiger partial charge in [0.1, 0.15) is 0 Å². The van der Waals surface area contributed by atoms with E-state index in [0.717, 1.165) is 11.1 Å². The number of para-hydroxylation sites is 1. The highest BCUT2D eigenvalue weighted by Crippen LogP contribution is 2.16. The number of aryl methyl sites for hydroxylation is 1. The van der Waals surface area contributed by atoms with E-state index in [1.54, 1.807) is 48.5 Å². The van der Waals surface area contributed by atoms with Crippen molar-refractivity contribution in [2.75, 3.05) is 11.9 Å². The van der Waals surface area contributed by atoms with Gasteiger partial charge in [-0.1, -0.05) is 72.3 Å². The summed E-state index contributed by atoms with van der Waals surface area (Å²) in [5.74, 6) is -1.73. The number of carbonyl (C=O) groups is 3. The van der Waals surface area contributed by atoms with Crippen LogP contribution in [-0.4, -0.2) is 24.1 Å². The van der Waals surface area contributed by atoms with Crippen LogP contribution >= 0.6 is 0 Å². The van der Waals surface area contributed by atoms with Gasteiger partial charge in [0, 0.05) is 12.1 Å². The lowest BCUT2D eigenvalue weighted by atomic mass is 10.1. The molecule has 5 nitrogen and oxygen atoms in total. The highest BCUT2D eigenvalue weighted by atomic mass is 16.2. The summed E-state index contributed by atoms with van der Waals surface area (Å²) in [6, 6.07) is 23.2. The number of ketones is 1. The molecule has 2 amide bonds. The summed E-state index contributed by atoms with van der Waals surface area (Å²) in [6.45, 7) is 2.37. The fourth-order valence-corrected chi connectivity index (χ4v) is 2.87. The maximum atomic E-state index is 12.6. The predicted molar refractivity (Wildman–Crippen MR) is 113 cm³/mol. The number of carbonyl (C=O) groups excluding carboxylic acids is 3. The van der Waals surface area contributed by atoms with Crippen molar-refractivity contribution in [3.8, 4) is 0 Å². The highest BCUT2D eigenvalue weighted by Gasteiger charge is 2.19. The highest BCUT2D eigenvalue weighted by molar-refractivity contribution is 6.46. The molecule has 3 aromatic carbocycles. The third-order valence-electron chi connectivity index (χ3n) is 4.48. The Balaban J connectivity index is 1.64. The van der Waals surface area contributed by atoms with E-state index >= 15 is 0 Å². The minimum Gasteiger partial charge on any atom is -0.352 e. The minimum absolute atomic E-state index is 0.301. The second-order valence-electron chi connectivity index (χ2n) is 6.69. The molecular weight excluding hydrogens is 364 g/mol. The first-order valence-electron chi connectivity index (χ1n) is 9.38. The van der Waals surface area contributed by atoms with Crippen molar-refractivity contribution in [3.63, 3.8) is 0 Å². The summed E-state index contributed by atoms with van der Waals surface area (Å²) < 4.78 is 0. The summed E-state index contributed by atoms with van der Waals surface area (Å²) in [5.41, 5.74) is 3.04. The molecule has 2 N–H and O–H groups in total. The Morgan fingerprint density at radius 1 is 0.793 bits per heavy atom. The molecule has 0 fully saturated rings. The van der Waals surface area contributed by atoms with Gasteiger partial charge in [0.05, 0.1) is 11.3 Å². The number of amides is 2. The molecule has 0 aliphatic rings. The van der Waals surface area contributed by atoms with Crippen LogP contribution in [0.25, 0.3) is 0 Å². The third kappa shape index (κ3) is 5.39. The Morgan fingerprint density at radius 3 is 2.17 bits per heavy atom. The van der Waals surface area contributed by atoms with E-state index in [9.17, 15) is 14.4 Å². The number of Topliss-reactive ketones (excluding diaryl/α,β-unsaturated/α-hetero) is 1. The Labute approximate surface area is 169 Å². The van der Waals surface area contributed by atoms with Crippen LogP contribution in [0.2, 0.25) is 0 Å². The molecule has 0 radical (unpaired) electrons. The van der Waals surface area contributed by atoms with Crippen LogP contribution in [0.3, 0.4) is 0 Å². The fraction of sp³-hybridized carbons (Fsp3) is 0.125. The van der Waals surface area contributed by atoms with E-state index in [0.29, 0.717) is 29.8 Å². The Morgan fingerprint density at radius 2 is 1.45 bits per heavy atom. The number of nitrogens with one attached hydrogen (secondary N) is 2. The zero-order valence-electron chi connectivity index (χ0n) is 16.1. The van der Waals surface area contributed by atoms with Crippen molar-refractivity contribution < 1.29 is 14.4 Å². The molecule has 0 aliphatic heterocycles. The van der Waals surface area contributed by atoms with E-state index in [-0.39, 0.29) is 5.91 Å². The molecule has 3 rings (SSSR count). The number of benzene rings is 3. The quantitative estimate of drug-likeness (QED) is 0.479. The lowest BCUT2D eigenvalue weighted by Gasteiger charge is -2.11. The van der Waals surface area contributed by atoms with Crippen molar-refractivity contribution in [2.24, 2.45) is 0 Å². The largest absolute Gasteiger partial charge is 0.352 e. The van der Waals surface area contributed by atoms with Gasteiger partial charge in [0.2, 0.25) is 0 Å². The van der Waals surface area contributed by atoms with Crippen LogP contribution in [0, 0.1) is 6.92 Å². The molecule has 0 aliphatic carbocycles. The van der Waals surface area contributed by atoms with Gasteiger partial charge in [-0.3, -0.25) is 14.4 Å². The van der Waals surface area contributed by atoms with Crippen LogP contribution in [-0.2, 0) is 11.2 Å². The Bertz CT molecular complexity index is 1010. The van der Waals surface area contributed by atoms with Gasteiger partial charge < -0.3 is 10.6 Å². The molecular formula is C24H22N2O3. The zero-order chi connectivity index (χ0) is 20.6. The molecule has 0 saturated carbocycles. The van der Waals surface area contributed by atoms with Crippen LogP contribution in [0.15, 0.2) is 78.9 Å². The topological polar surface area (TPSA) is 75.3 Å². The number of hydrogen-bond donors (Lipinski definition) is 2. The molecule has 3 aromatic rings. The Kier molecular flexibility index (Phi) is 6.53. The molecule has 0 atom stereocenters. The van der Waals surface area contributed by atoms with E-state index in [4.69, 9.17) is 0 Å². The van der Waals surface area contributed by atoms with Crippen LogP contribution < -0.4 is 10.6 Å². The average molecular weight is 386 g/mol. The molecule has 0 unspecified atom stereocenters. The van der Waals surface area contributed by atoms with Gasteiger partial charge in [-0.2, -0.15) is 0 Å². The molecule has 0 aromatic heterocycles. The standard InChI is InChI=1S/C24H22N2O3/c1-17-11-13-19(14-12-17)22(27)24(29)26-21-10-6-5-9-20(21)23(28)25-16-15-18-7-3-2-4-8-18/h2-14H,15-16H2,1H3,(H,25,28)(H,26,29). The first kappa shape index (κ1) is 20.0.